The highest BCUT2D eigenvalue weighted by Crippen LogP contribution is 2.40. The predicted octanol–water partition coefficient (Wildman–Crippen LogP) is 3.52. The molecule has 1 aromatic carbocycles. The average Bonchev–Trinajstić information content (AvgIpc) is 3.38. The lowest BCUT2D eigenvalue weighted by molar-refractivity contribution is 0.00545. The quantitative estimate of drug-likeness (QED) is 0.426. The lowest BCUT2D eigenvalue weighted by atomic mass is 9.95. The number of rotatable bonds is 4. The molecule has 1 aliphatic carbocycles. The average molecular weight is 462 g/mol. The third kappa shape index (κ3) is 3.66. The van der Waals surface area contributed by atoms with Crippen LogP contribution in [0, 0.1) is 5.92 Å². The Morgan fingerprint density at radius 3 is 2.94 bits per heavy atom. The van der Waals surface area contributed by atoms with E-state index in [1.165, 1.54) is 40.0 Å². The van der Waals surface area contributed by atoms with Crippen LogP contribution in [0.25, 0.3) is 21.9 Å². The van der Waals surface area contributed by atoms with Crippen LogP contribution in [-0.4, -0.2) is 47.7 Å². The van der Waals surface area contributed by atoms with Crippen molar-refractivity contribution in [2.75, 3.05) is 11.5 Å². The molecular formula is C25H27N5O2S. The van der Waals surface area contributed by atoms with Crippen molar-refractivity contribution < 1.29 is 10.2 Å². The Hall–Kier alpha value is -2.68. The first-order valence-electron chi connectivity index (χ1n) is 11.6. The molecule has 2 aliphatic rings. The van der Waals surface area contributed by atoms with Crippen LogP contribution >= 0.6 is 11.8 Å². The maximum atomic E-state index is 10.8. The molecule has 0 spiro atoms. The molecule has 6 rings (SSSR count). The van der Waals surface area contributed by atoms with Gasteiger partial charge in [-0.2, -0.15) is 0 Å². The van der Waals surface area contributed by atoms with Gasteiger partial charge in [-0.25, -0.2) is 9.97 Å². The van der Waals surface area contributed by atoms with Gasteiger partial charge in [0.15, 0.2) is 0 Å². The SMILES string of the molecule is Nc1ncnc2c1ccn2[C@@H]1C[C@H](CCc2ccc3cc4c(nc3c2)CCCS4)[C@@H](O)[C@H]1O. The minimum absolute atomic E-state index is 0.00484. The molecular weight excluding hydrogens is 434 g/mol. The van der Waals surface area contributed by atoms with Crippen LogP contribution in [0.4, 0.5) is 5.82 Å². The van der Waals surface area contributed by atoms with E-state index in [1.54, 1.807) is 0 Å². The van der Waals surface area contributed by atoms with Gasteiger partial charge in [0.2, 0.25) is 0 Å². The number of pyridine rings is 1. The number of nitrogens with zero attached hydrogens (tertiary/aromatic N) is 4. The first-order valence-corrected chi connectivity index (χ1v) is 12.6. The molecule has 4 heterocycles. The van der Waals surface area contributed by atoms with Crippen LogP contribution in [0.5, 0.6) is 0 Å². The maximum Gasteiger partial charge on any atom is 0.145 e. The number of aryl methyl sites for hydroxylation is 2. The number of aliphatic hydroxyl groups is 2. The largest absolute Gasteiger partial charge is 0.390 e. The van der Waals surface area contributed by atoms with E-state index in [2.05, 4.69) is 34.2 Å². The lowest BCUT2D eigenvalue weighted by Gasteiger charge is -2.19. The van der Waals surface area contributed by atoms with Gasteiger partial charge in [-0.05, 0) is 67.5 Å². The third-order valence-electron chi connectivity index (χ3n) is 7.21. The van der Waals surface area contributed by atoms with Gasteiger partial charge in [0.05, 0.1) is 28.7 Å². The standard InChI is InChI=1S/C25H27N5O2S/c26-24-17-7-8-30(25(17)28-13-27-24)20-11-16(22(31)23(20)32)6-4-14-3-5-15-12-21-18(2-1-9-33-21)29-19(15)10-14/h3,5,7-8,10,12-13,16,20,22-23,31-32H,1-2,4,6,9,11H2,(H2,26,27,28)/t16-,20+,22+,23-/m0/s1. The Kier molecular flexibility index (Phi) is 5.24. The number of aliphatic hydroxyl groups excluding tert-OH is 2. The van der Waals surface area contributed by atoms with Crippen molar-refractivity contribution >= 4 is 39.5 Å². The van der Waals surface area contributed by atoms with Gasteiger partial charge in [-0.1, -0.05) is 12.1 Å². The van der Waals surface area contributed by atoms with Gasteiger partial charge < -0.3 is 20.5 Å². The number of hydrogen-bond acceptors (Lipinski definition) is 7. The molecule has 7 nitrogen and oxygen atoms in total. The zero-order valence-electron chi connectivity index (χ0n) is 18.3. The van der Waals surface area contributed by atoms with Crippen molar-refractivity contribution in [1.29, 1.82) is 0 Å². The topological polar surface area (TPSA) is 110 Å². The number of hydrogen-bond donors (Lipinski definition) is 3. The molecule has 0 radical (unpaired) electrons. The van der Waals surface area contributed by atoms with Crippen molar-refractivity contribution in [2.45, 2.75) is 55.2 Å². The molecule has 1 aliphatic heterocycles. The molecule has 0 amide bonds. The van der Waals surface area contributed by atoms with Crippen LogP contribution in [0.2, 0.25) is 0 Å². The van der Waals surface area contributed by atoms with Gasteiger partial charge in [0, 0.05) is 16.5 Å². The van der Waals surface area contributed by atoms with Crippen molar-refractivity contribution in [3.05, 3.63) is 54.1 Å². The Morgan fingerprint density at radius 1 is 1.12 bits per heavy atom. The van der Waals surface area contributed by atoms with E-state index in [4.69, 9.17) is 10.7 Å². The third-order valence-corrected chi connectivity index (χ3v) is 8.37. The molecule has 4 atom stereocenters. The van der Waals surface area contributed by atoms with Crippen molar-refractivity contribution in [3.63, 3.8) is 0 Å². The summed E-state index contributed by atoms with van der Waals surface area (Å²) in [7, 11) is 0. The van der Waals surface area contributed by atoms with Gasteiger partial charge in [0.25, 0.3) is 0 Å². The van der Waals surface area contributed by atoms with E-state index in [-0.39, 0.29) is 12.0 Å². The first-order chi connectivity index (χ1) is 16.1. The van der Waals surface area contributed by atoms with Crippen LogP contribution in [0.3, 0.4) is 0 Å². The fraction of sp³-hybridized carbons (Fsp3) is 0.400. The second-order valence-corrected chi connectivity index (χ2v) is 10.4. The van der Waals surface area contributed by atoms with E-state index in [0.29, 0.717) is 17.9 Å². The highest BCUT2D eigenvalue weighted by molar-refractivity contribution is 7.99. The summed E-state index contributed by atoms with van der Waals surface area (Å²) in [5.74, 6) is 1.60. The molecule has 33 heavy (non-hydrogen) atoms. The molecule has 8 heteroatoms. The Morgan fingerprint density at radius 2 is 2.03 bits per heavy atom. The Balaban J connectivity index is 1.20. The molecule has 4 aromatic rings. The van der Waals surface area contributed by atoms with Crippen LogP contribution in [0.15, 0.2) is 47.8 Å². The molecule has 3 aromatic heterocycles. The lowest BCUT2D eigenvalue weighted by Crippen LogP contribution is -2.29. The summed E-state index contributed by atoms with van der Waals surface area (Å²) in [5.41, 5.74) is 10.1. The molecule has 4 N–H and O–H groups in total. The van der Waals surface area contributed by atoms with Crippen molar-refractivity contribution in [1.82, 2.24) is 19.5 Å². The van der Waals surface area contributed by atoms with E-state index >= 15 is 0 Å². The number of thioether (sulfide) groups is 1. The monoisotopic (exact) mass is 461 g/mol. The zero-order valence-corrected chi connectivity index (χ0v) is 19.1. The Labute approximate surface area is 196 Å². The first kappa shape index (κ1) is 20.9. The number of aromatic nitrogens is 4. The summed E-state index contributed by atoms with van der Waals surface area (Å²) in [6, 6.07) is 10.4. The predicted molar refractivity (Wildman–Crippen MR) is 130 cm³/mol. The molecule has 0 saturated heterocycles. The zero-order chi connectivity index (χ0) is 22.5. The van der Waals surface area contributed by atoms with Crippen molar-refractivity contribution in [3.8, 4) is 0 Å². The summed E-state index contributed by atoms with van der Waals surface area (Å²) in [6.45, 7) is 0. The number of benzene rings is 1. The summed E-state index contributed by atoms with van der Waals surface area (Å²) in [6.07, 6.45) is 6.28. The number of fused-ring (bicyclic) bond motifs is 3. The highest BCUT2D eigenvalue weighted by Gasteiger charge is 2.42. The summed E-state index contributed by atoms with van der Waals surface area (Å²) >= 11 is 1.90. The smallest absolute Gasteiger partial charge is 0.145 e. The number of nitrogens with two attached hydrogens (primary N) is 1. The fourth-order valence-corrected chi connectivity index (χ4v) is 6.42. The minimum atomic E-state index is -0.843. The maximum absolute atomic E-state index is 10.8. The molecule has 0 unspecified atom stereocenters. The fourth-order valence-electron chi connectivity index (χ4n) is 5.39. The Bertz CT molecular complexity index is 1340. The second-order valence-electron chi connectivity index (χ2n) is 9.21. The van der Waals surface area contributed by atoms with Crippen LogP contribution in [0.1, 0.15) is 36.6 Å². The molecule has 1 fully saturated rings. The van der Waals surface area contributed by atoms with Gasteiger partial charge in [-0.3, -0.25) is 4.98 Å². The molecule has 0 bridgehead atoms. The number of nitrogen functional groups attached to an aromatic ring is 1. The minimum Gasteiger partial charge on any atom is -0.390 e. The van der Waals surface area contributed by atoms with E-state index < -0.39 is 12.2 Å². The van der Waals surface area contributed by atoms with Crippen LogP contribution < -0.4 is 5.73 Å². The van der Waals surface area contributed by atoms with Gasteiger partial charge >= 0.3 is 0 Å². The summed E-state index contributed by atoms with van der Waals surface area (Å²) < 4.78 is 1.93. The van der Waals surface area contributed by atoms with Gasteiger partial charge in [-0.15, -0.1) is 11.8 Å². The summed E-state index contributed by atoms with van der Waals surface area (Å²) in [5, 5.41) is 23.6. The second kappa shape index (κ2) is 8.27. The number of anilines is 1. The summed E-state index contributed by atoms with van der Waals surface area (Å²) in [4.78, 5) is 14.6. The van der Waals surface area contributed by atoms with Crippen molar-refractivity contribution in [2.24, 2.45) is 5.92 Å². The molecule has 1 saturated carbocycles. The normalized spacial score (nSPS) is 25.0. The molecule has 170 valence electrons. The van der Waals surface area contributed by atoms with E-state index in [0.717, 1.165) is 30.2 Å². The van der Waals surface area contributed by atoms with Crippen LogP contribution in [-0.2, 0) is 12.8 Å². The van der Waals surface area contributed by atoms with E-state index in [1.807, 2.05) is 28.6 Å². The highest BCUT2D eigenvalue weighted by atomic mass is 32.2. The van der Waals surface area contributed by atoms with Gasteiger partial charge in [0.1, 0.15) is 23.9 Å². The van der Waals surface area contributed by atoms with E-state index in [9.17, 15) is 10.2 Å².